The molecule has 3 rings (SSSR count). The van der Waals surface area contributed by atoms with Crippen LogP contribution in [0, 0.1) is 11.7 Å². The summed E-state index contributed by atoms with van der Waals surface area (Å²) in [6.45, 7) is 3.15. The smallest absolute Gasteiger partial charge is 0.226 e. The molecule has 8 heteroatoms. The lowest BCUT2D eigenvalue weighted by molar-refractivity contribution is -0.136. The summed E-state index contributed by atoms with van der Waals surface area (Å²) in [5, 5.41) is 0.407. The number of nitrogens with zero attached hydrogens (tertiary/aromatic N) is 2. The van der Waals surface area contributed by atoms with Crippen LogP contribution in [-0.2, 0) is 21.2 Å². The van der Waals surface area contributed by atoms with Gasteiger partial charge in [0.1, 0.15) is 5.82 Å². The van der Waals surface area contributed by atoms with Crippen LogP contribution in [0.3, 0.4) is 0 Å². The first-order chi connectivity index (χ1) is 11.3. The number of benzene rings is 1. The van der Waals surface area contributed by atoms with Crippen LogP contribution in [0.2, 0.25) is 5.02 Å². The van der Waals surface area contributed by atoms with Gasteiger partial charge in [-0.05, 0) is 24.1 Å². The monoisotopic (exact) mass is 374 g/mol. The van der Waals surface area contributed by atoms with Gasteiger partial charge < -0.3 is 4.90 Å². The number of halogens is 2. The summed E-state index contributed by atoms with van der Waals surface area (Å²) in [6.07, 6.45) is 0.437. The lowest BCUT2D eigenvalue weighted by atomic mass is 10.1. The van der Waals surface area contributed by atoms with E-state index in [1.54, 1.807) is 11.0 Å². The predicted molar refractivity (Wildman–Crippen MR) is 90.0 cm³/mol. The highest BCUT2D eigenvalue weighted by Crippen LogP contribution is 2.23. The first kappa shape index (κ1) is 17.6. The summed E-state index contributed by atoms with van der Waals surface area (Å²) < 4.78 is 36.1. The normalized spacial score (nSPS) is 24.2. The highest BCUT2D eigenvalue weighted by Gasteiger charge is 2.36. The second-order valence-electron chi connectivity index (χ2n) is 6.44. The lowest BCUT2D eigenvalue weighted by Crippen LogP contribution is -2.50. The van der Waals surface area contributed by atoms with E-state index >= 15 is 0 Å². The SMILES string of the molecule is O=C([C@H]1CCS(=O)(=O)C1)N1CCN(Cc2ccc(F)cc2Cl)CC1. The third-order valence-electron chi connectivity index (χ3n) is 4.67. The maximum Gasteiger partial charge on any atom is 0.226 e. The Morgan fingerprint density at radius 3 is 2.54 bits per heavy atom. The molecule has 0 spiro atoms. The molecule has 2 saturated heterocycles. The van der Waals surface area contributed by atoms with Crippen LogP contribution in [0.4, 0.5) is 4.39 Å². The van der Waals surface area contributed by atoms with Crippen LogP contribution >= 0.6 is 11.6 Å². The van der Waals surface area contributed by atoms with E-state index in [0.29, 0.717) is 44.2 Å². The minimum absolute atomic E-state index is 0.0166. The Balaban J connectivity index is 1.53. The Hall–Kier alpha value is -1.18. The summed E-state index contributed by atoms with van der Waals surface area (Å²) >= 11 is 6.05. The zero-order valence-electron chi connectivity index (χ0n) is 13.2. The summed E-state index contributed by atoms with van der Waals surface area (Å²) in [6, 6.07) is 4.37. The fourth-order valence-corrected chi connectivity index (χ4v) is 5.22. The number of carbonyl (C=O) groups excluding carboxylic acids is 1. The van der Waals surface area contributed by atoms with Crippen LogP contribution < -0.4 is 0 Å². The van der Waals surface area contributed by atoms with Gasteiger partial charge in [0.15, 0.2) is 9.84 Å². The Kier molecular flexibility index (Phi) is 5.13. The molecule has 0 unspecified atom stereocenters. The van der Waals surface area contributed by atoms with Gasteiger partial charge in [-0.2, -0.15) is 0 Å². The molecule has 1 atom stereocenters. The summed E-state index contributed by atoms with van der Waals surface area (Å²) in [7, 11) is -3.04. The zero-order chi connectivity index (χ0) is 17.3. The molecule has 132 valence electrons. The van der Waals surface area contributed by atoms with Crippen molar-refractivity contribution in [3.05, 3.63) is 34.6 Å². The van der Waals surface area contributed by atoms with E-state index in [0.717, 1.165) is 5.56 Å². The molecule has 2 aliphatic heterocycles. The molecule has 5 nitrogen and oxygen atoms in total. The van der Waals surface area contributed by atoms with E-state index < -0.39 is 9.84 Å². The van der Waals surface area contributed by atoms with Crippen LogP contribution in [0.1, 0.15) is 12.0 Å². The van der Waals surface area contributed by atoms with Crippen molar-refractivity contribution in [2.75, 3.05) is 37.7 Å². The predicted octanol–water partition coefficient (Wildman–Crippen LogP) is 1.56. The largest absolute Gasteiger partial charge is 0.340 e. The summed E-state index contributed by atoms with van der Waals surface area (Å²) in [5.41, 5.74) is 0.861. The van der Waals surface area contributed by atoms with Crippen molar-refractivity contribution in [2.45, 2.75) is 13.0 Å². The van der Waals surface area contributed by atoms with E-state index in [4.69, 9.17) is 11.6 Å². The highest BCUT2D eigenvalue weighted by molar-refractivity contribution is 7.91. The third-order valence-corrected chi connectivity index (χ3v) is 6.79. The summed E-state index contributed by atoms with van der Waals surface area (Å²) in [4.78, 5) is 16.3. The Morgan fingerprint density at radius 2 is 1.96 bits per heavy atom. The minimum atomic E-state index is -3.04. The number of amides is 1. The van der Waals surface area contributed by atoms with Crippen LogP contribution in [0.25, 0.3) is 0 Å². The van der Waals surface area contributed by atoms with Gasteiger partial charge >= 0.3 is 0 Å². The van der Waals surface area contributed by atoms with Gasteiger partial charge in [0.25, 0.3) is 0 Å². The van der Waals surface area contributed by atoms with Gasteiger partial charge in [0.2, 0.25) is 5.91 Å². The van der Waals surface area contributed by atoms with Crippen molar-refractivity contribution in [2.24, 2.45) is 5.92 Å². The maximum absolute atomic E-state index is 13.1. The van der Waals surface area contributed by atoms with E-state index in [1.807, 2.05) is 0 Å². The molecule has 1 aromatic rings. The Bertz CT molecular complexity index is 733. The second kappa shape index (κ2) is 6.98. The van der Waals surface area contributed by atoms with Crippen LogP contribution in [0.5, 0.6) is 0 Å². The first-order valence-corrected chi connectivity index (χ1v) is 10.2. The van der Waals surface area contributed by atoms with Crippen molar-refractivity contribution < 1.29 is 17.6 Å². The van der Waals surface area contributed by atoms with Crippen LogP contribution in [0.15, 0.2) is 18.2 Å². The Morgan fingerprint density at radius 1 is 1.25 bits per heavy atom. The molecular formula is C16H20ClFN2O3S. The molecule has 0 saturated carbocycles. The lowest BCUT2D eigenvalue weighted by Gasteiger charge is -2.36. The summed E-state index contributed by atoms with van der Waals surface area (Å²) in [5.74, 6) is -0.682. The molecule has 0 N–H and O–H groups in total. The van der Waals surface area contributed by atoms with Gasteiger partial charge in [0.05, 0.1) is 17.4 Å². The molecule has 1 amide bonds. The third kappa shape index (κ3) is 4.07. The van der Waals surface area contributed by atoms with Crippen molar-refractivity contribution in [3.63, 3.8) is 0 Å². The van der Waals surface area contributed by atoms with Crippen molar-refractivity contribution in [3.8, 4) is 0 Å². The number of hydrogen-bond donors (Lipinski definition) is 0. The second-order valence-corrected chi connectivity index (χ2v) is 9.07. The van der Waals surface area contributed by atoms with Gasteiger partial charge in [-0.25, -0.2) is 12.8 Å². The molecule has 24 heavy (non-hydrogen) atoms. The minimum Gasteiger partial charge on any atom is -0.340 e. The molecule has 0 bridgehead atoms. The van der Waals surface area contributed by atoms with Crippen molar-refractivity contribution >= 4 is 27.3 Å². The number of rotatable bonds is 3. The topological polar surface area (TPSA) is 57.7 Å². The molecule has 0 aliphatic carbocycles. The zero-order valence-corrected chi connectivity index (χ0v) is 14.8. The molecular weight excluding hydrogens is 355 g/mol. The van der Waals surface area contributed by atoms with E-state index in [-0.39, 0.29) is 29.1 Å². The van der Waals surface area contributed by atoms with Crippen molar-refractivity contribution in [1.29, 1.82) is 0 Å². The molecule has 2 fully saturated rings. The average molecular weight is 375 g/mol. The maximum atomic E-state index is 13.1. The molecule has 2 aliphatic rings. The number of hydrogen-bond acceptors (Lipinski definition) is 4. The molecule has 0 radical (unpaired) electrons. The van der Waals surface area contributed by atoms with E-state index in [9.17, 15) is 17.6 Å². The first-order valence-electron chi connectivity index (χ1n) is 7.99. The molecule has 0 aromatic heterocycles. The number of carbonyl (C=O) groups is 1. The molecule has 1 aromatic carbocycles. The van der Waals surface area contributed by atoms with Crippen LogP contribution in [-0.4, -0.2) is 61.8 Å². The molecule has 2 heterocycles. The fourth-order valence-electron chi connectivity index (χ4n) is 3.27. The number of sulfone groups is 1. The van der Waals surface area contributed by atoms with Crippen molar-refractivity contribution in [1.82, 2.24) is 9.80 Å². The van der Waals surface area contributed by atoms with Gasteiger partial charge in [-0.3, -0.25) is 9.69 Å². The Labute approximate surface area is 146 Å². The van der Waals surface area contributed by atoms with Gasteiger partial charge in [0, 0.05) is 37.7 Å². The number of piperazine rings is 1. The quantitative estimate of drug-likeness (QED) is 0.805. The average Bonchev–Trinajstić information content (AvgIpc) is 2.90. The van der Waals surface area contributed by atoms with Gasteiger partial charge in [-0.1, -0.05) is 17.7 Å². The van der Waals surface area contributed by atoms with E-state index in [2.05, 4.69) is 4.90 Å². The fraction of sp³-hybridized carbons (Fsp3) is 0.562. The standard InChI is InChI=1S/C16H20ClFN2O3S/c17-15-9-14(18)2-1-12(15)10-19-4-6-20(7-5-19)16(21)13-3-8-24(22,23)11-13/h1-2,9,13H,3-8,10-11H2/t13-/m0/s1. The highest BCUT2D eigenvalue weighted by atomic mass is 35.5. The van der Waals surface area contributed by atoms with Gasteiger partial charge in [-0.15, -0.1) is 0 Å². The van der Waals surface area contributed by atoms with E-state index in [1.165, 1.54) is 12.1 Å².